The molecule has 0 N–H and O–H groups in total. The van der Waals surface area contributed by atoms with Crippen LogP contribution in [0, 0.1) is 0 Å². The first-order chi connectivity index (χ1) is 29.9. The maximum atomic E-state index is 2.78. The van der Waals surface area contributed by atoms with Crippen molar-refractivity contribution < 1.29 is 0 Å². The summed E-state index contributed by atoms with van der Waals surface area (Å²) in [6, 6.07) is 54.0. The van der Waals surface area contributed by atoms with Gasteiger partial charge in [0.1, 0.15) is 0 Å². The van der Waals surface area contributed by atoms with Gasteiger partial charge in [-0.1, -0.05) is 167 Å². The Labute approximate surface area is 372 Å². The SMILES string of the molecule is CC(C)(C)c1ccc(N2C3=C(B4c5c(cc(C(C)(C)C)cc52)-c2cccc5c6cc7c(cc6n4c25)c2ccccc2n7-c2ccccc2)c2cc(C(C)(C)C)ccc2C3(C)C)cc1. The fraction of sp³-hybridized carbons (Fsp3) is 0.254. The van der Waals surface area contributed by atoms with E-state index in [9.17, 15) is 0 Å². The van der Waals surface area contributed by atoms with Crippen LogP contribution in [0.1, 0.15) is 104 Å². The van der Waals surface area contributed by atoms with E-state index in [1.54, 1.807) is 0 Å². The van der Waals surface area contributed by atoms with E-state index in [1.807, 2.05) is 0 Å². The second-order valence-corrected chi connectivity index (χ2v) is 22.3. The molecule has 4 heteroatoms. The van der Waals surface area contributed by atoms with Crippen LogP contribution in [0.25, 0.3) is 65.9 Å². The van der Waals surface area contributed by atoms with Gasteiger partial charge in [0.15, 0.2) is 0 Å². The lowest BCUT2D eigenvalue weighted by Gasteiger charge is -2.44. The van der Waals surface area contributed by atoms with Gasteiger partial charge in [-0.25, -0.2) is 0 Å². The summed E-state index contributed by atoms with van der Waals surface area (Å²) in [6.45, 7) is 26.0. The van der Waals surface area contributed by atoms with Gasteiger partial charge in [-0.15, -0.1) is 0 Å². The van der Waals surface area contributed by atoms with E-state index in [0.717, 1.165) is 0 Å². The summed E-state index contributed by atoms with van der Waals surface area (Å²) in [7, 11) is 0. The highest BCUT2D eigenvalue weighted by molar-refractivity contribution is 6.93. The van der Waals surface area contributed by atoms with Gasteiger partial charge in [0, 0.05) is 66.3 Å². The molecular weight excluding hydrogens is 761 g/mol. The molecule has 1 aliphatic carbocycles. The molecule has 12 rings (SSSR count). The van der Waals surface area contributed by atoms with E-state index >= 15 is 0 Å². The molecule has 7 aromatic carbocycles. The molecule has 0 saturated carbocycles. The number of hydrogen-bond acceptors (Lipinski definition) is 1. The molecule has 4 heterocycles. The number of allylic oxidation sites excluding steroid dienone is 1. The van der Waals surface area contributed by atoms with Gasteiger partial charge >= 0.3 is 6.85 Å². The minimum absolute atomic E-state index is 0.00451. The maximum Gasteiger partial charge on any atom is 0.333 e. The van der Waals surface area contributed by atoms with Gasteiger partial charge < -0.3 is 13.9 Å². The third-order valence-corrected chi connectivity index (χ3v) is 14.9. The lowest BCUT2D eigenvalue weighted by molar-refractivity contribution is 0.586. The molecule has 0 bridgehead atoms. The van der Waals surface area contributed by atoms with Crippen LogP contribution in [0.15, 0.2) is 145 Å². The molecule has 3 nitrogen and oxygen atoms in total. The van der Waals surface area contributed by atoms with Crippen LogP contribution in [0.2, 0.25) is 0 Å². The summed E-state index contributed by atoms with van der Waals surface area (Å²) < 4.78 is 5.24. The minimum Gasteiger partial charge on any atom is -0.375 e. The number of hydrogen-bond donors (Lipinski definition) is 0. The molecule has 2 aromatic heterocycles. The highest BCUT2D eigenvalue weighted by Gasteiger charge is 2.53. The van der Waals surface area contributed by atoms with Gasteiger partial charge in [0.05, 0.1) is 11.0 Å². The van der Waals surface area contributed by atoms with Gasteiger partial charge in [0.2, 0.25) is 0 Å². The van der Waals surface area contributed by atoms with Crippen molar-refractivity contribution in [3.8, 4) is 16.8 Å². The van der Waals surface area contributed by atoms with Crippen LogP contribution in [-0.4, -0.2) is 15.9 Å². The van der Waals surface area contributed by atoms with Crippen molar-refractivity contribution in [1.29, 1.82) is 0 Å². The minimum atomic E-state index is -0.283. The molecule has 9 aromatic rings. The van der Waals surface area contributed by atoms with Crippen molar-refractivity contribution in [3.05, 3.63) is 173 Å². The first kappa shape index (κ1) is 38.4. The molecule has 0 amide bonds. The van der Waals surface area contributed by atoms with Gasteiger partial charge in [-0.2, -0.15) is 0 Å². The zero-order valence-electron chi connectivity index (χ0n) is 38.7. The fourth-order valence-electron chi connectivity index (χ4n) is 11.6. The van der Waals surface area contributed by atoms with Crippen molar-refractivity contribution >= 4 is 72.8 Å². The second kappa shape index (κ2) is 12.5. The number of nitrogens with zero attached hydrogens (tertiary/aromatic N) is 3. The zero-order chi connectivity index (χ0) is 43.7. The van der Waals surface area contributed by atoms with Crippen LogP contribution >= 0.6 is 0 Å². The van der Waals surface area contributed by atoms with Crippen LogP contribution in [0.3, 0.4) is 0 Å². The van der Waals surface area contributed by atoms with Crippen molar-refractivity contribution in [2.75, 3.05) is 4.90 Å². The lowest BCUT2D eigenvalue weighted by Crippen LogP contribution is -2.50. The Balaban J connectivity index is 1.26. The van der Waals surface area contributed by atoms with E-state index in [0.29, 0.717) is 0 Å². The first-order valence-electron chi connectivity index (χ1n) is 23.0. The molecule has 2 aliphatic heterocycles. The number of para-hydroxylation sites is 3. The third kappa shape index (κ3) is 5.21. The molecule has 0 fully saturated rings. The highest BCUT2D eigenvalue weighted by atomic mass is 15.2. The topological polar surface area (TPSA) is 13.1 Å². The molecule has 0 unspecified atom stereocenters. The van der Waals surface area contributed by atoms with E-state index in [-0.39, 0.29) is 28.5 Å². The summed E-state index contributed by atoms with van der Waals surface area (Å²) in [6.07, 6.45) is 0. The summed E-state index contributed by atoms with van der Waals surface area (Å²) in [5.74, 6) is 0. The van der Waals surface area contributed by atoms with Gasteiger partial charge in [-0.05, 0) is 109 Å². The molecule has 3 aliphatic rings. The Bertz CT molecular complexity index is 3460. The molecule has 0 spiro atoms. The number of anilines is 2. The number of aromatic nitrogens is 2. The van der Waals surface area contributed by atoms with Crippen LogP contribution in [-0.2, 0) is 21.7 Å². The number of fused-ring (bicyclic) bond motifs is 11. The van der Waals surface area contributed by atoms with Crippen LogP contribution in [0.5, 0.6) is 0 Å². The Morgan fingerprint density at radius 2 is 1.08 bits per heavy atom. The van der Waals surface area contributed by atoms with E-state index < -0.39 is 0 Å². The Morgan fingerprint density at radius 1 is 0.460 bits per heavy atom. The Morgan fingerprint density at radius 3 is 1.79 bits per heavy atom. The molecule has 0 atom stereocenters. The smallest absolute Gasteiger partial charge is 0.333 e. The lowest BCUT2D eigenvalue weighted by atomic mass is 9.43. The second-order valence-electron chi connectivity index (χ2n) is 22.3. The van der Waals surface area contributed by atoms with Crippen molar-refractivity contribution in [1.82, 2.24) is 9.05 Å². The average molecular weight is 818 g/mol. The Hall–Kier alpha value is -6.26. The van der Waals surface area contributed by atoms with Crippen molar-refractivity contribution in [3.63, 3.8) is 0 Å². The molecule has 0 saturated heterocycles. The largest absolute Gasteiger partial charge is 0.375 e. The maximum absolute atomic E-state index is 2.78. The standard InChI is InChI=1S/C59H56BN3/c1-56(2,3)35-24-27-39(28-25-35)62-51-32-37(58(7,8)9)31-45-42-22-17-21-41-44-33-49-43(40-20-15-16-23-48(40)61(49)38-18-13-12-14-19-38)34-50(44)63(54(41)42)60(52(45)51)53-46-30-36(57(4,5)6)26-29-47(46)59(10,11)55(53)62/h12-34H,1-11H3. The van der Waals surface area contributed by atoms with Gasteiger partial charge in [0.25, 0.3) is 0 Å². The number of benzene rings is 7. The summed E-state index contributed by atoms with van der Waals surface area (Å²) >= 11 is 0. The van der Waals surface area contributed by atoms with E-state index in [4.69, 9.17) is 0 Å². The van der Waals surface area contributed by atoms with Crippen LogP contribution in [0.4, 0.5) is 11.4 Å². The summed E-state index contributed by atoms with van der Waals surface area (Å²) in [5.41, 5.74) is 22.2. The van der Waals surface area contributed by atoms with Crippen molar-refractivity contribution in [2.45, 2.75) is 97.8 Å². The Kier molecular flexibility index (Phi) is 7.61. The first-order valence-corrected chi connectivity index (χ1v) is 23.0. The number of rotatable bonds is 2. The third-order valence-electron chi connectivity index (χ3n) is 14.9. The summed E-state index contributed by atoms with van der Waals surface area (Å²) in [4.78, 5) is 2.69. The normalized spacial score (nSPS) is 15.5. The molecule has 63 heavy (non-hydrogen) atoms. The monoisotopic (exact) mass is 817 g/mol. The van der Waals surface area contributed by atoms with Crippen LogP contribution < -0.4 is 10.4 Å². The average Bonchev–Trinajstić information content (AvgIpc) is 3.83. The van der Waals surface area contributed by atoms with Gasteiger partial charge in [-0.3, -0.25) is 0 Å². The van der Waals surface area contributed by atoms with E-state index in [1.165, 1.54) is 116 Å². The fourth-order valence-corrected chi connectivity index (χ4v) is 11.6. The quantitative estimate of drug-likeness (QED) is 0.158. The molecular formula is C59H56BN3. The van der Waals surface area contributed by atoms with Crippen molar-refractivity contribution in [2.24, 2.45) is 0 Å². The predicted molar refractivity (Wildman–Crippen MR) is 271 cm³/mol. The molecule has 310 valence electrons. The molecule has 0 radical (unpaired) electrons. The highest BCUT2D eigenvalue weighted by Crippen LogP contribution is 2.57. The van der Waals surface area contributed by atoms with E-state index in [2.05, 4.69) is 230 Å². The zero-order valence-corrected chi connectivity index (χ0v) is 38.7. The summed E-state index contributed by atoms with van der Waals surface area (Å²) in [5, 5.41) is 5.17. The predicted octanol–water partition coefficient (Wildman–Crippen LogP) is 14.9.